The van der Waals surface area contributed by atoms with Crippen LogP contribution < -0.4 is 10.6 Å². The number of thioether (sulfide) groups is 1. The highest BCUT2D eigenvalue weighted by Gasteiger charge is 2.12. The minimum absolute atomic E-state index is 0.0609. The molecular weight excluding hydrogens is 344 g/mol. The Hall–Kier alpha value is -1.21. The van der Waals surface area contributed by atoms with Gasteiger partial charge in [-0.05, 0) is 43.0 Å². The third-order valence-corrected chi connectivity index (χ3v) is 3.71. The monoisotopic (exact) mass is 360 g/mol. The summed E-state index contributed by atoms with van der Waals surface area (Å²) < 4.78 is 0.706. The number of amides is 2. The topological polar surface area (TPSA) is 78.4 Å². The molecule has 0 fully saturated rings. The third-order valence-electron chi connectivity index (χ3n) is 2.52. The van der Waals surface area contributed by atoms with Crippen LogP contribution in [0.2, 0.25) is 0 Å². The van der Waals surface area contributed by atoms with Gasteiger partial charge in [0.25, 0.3) is 0 Å². The number of rotatable bonds is 7. The summed E-state index contributed by atoms with van der Waals surface area (Å²) in [7, 11) is 0. The largest absolute Gasteiger partial charge is 0.478 e. The van der Waals surface area contributed by atoms with Gasteiger partial charge < -0.3 is 15.7 Å². The molecule has 0 aromatic heterocycles. The number of hydrogen-bond donors (Lipinski definition) is 3. The average molecular weight is 361 g/mol. The number of carboxylic acid groups (broad SMARTS) is 1. The van der Waals surface area contributed by atoms with Gasteiger partial charge in [0.15, 0.2) is 0 Å². The average Bonchev–Trinajstić information content (AvgIpc) is 2.38. The molecule has 1 rings (SSSR count). The normalized spacial score (nSPS) is 10.1. The first-order valence-electron chi connectivity index (χ1n) is 6.11. The molecule has 0 saturated carbocycles. The SMILES string of the molecule is CSCCCCNC(=O)Nc1cc(Br)ccc1C(=O)O. The lowest BCUT2D eigenvalue weighted by Gasteiger charge is -2.10. The van der Waals surface area contributed by atoms with E-state index in [0.29, 0.717) is 11.0 Å². The summed E-state index contributed by atoms with van der Waals surface area (Å²) in [6.45, 7) is 0.572. The maximum absolute atomic E-state index is 11.7. The van der Waals surface area contributed by atoms with Crippen molar-refractivity contribution in [3.8, 4) is 0 Å². The number of anilines is 1. The van der Waals surface area contributed by atoms with Crippen molar-refractivity contribution in [1.29, 1.82) is 0 Å². The number of halogens is 1. The fraction of sp³-hybridized carbons (Fsp3) is 0.385. The third kappa shape index (κ3) is 5.83. The van der Waals surface area contributed by atoms with Gasteiger partial charge in [0.05, 0.1) is 11.3 Å². The van der Waals surface area contributed by atoms with Crippen molar-refractivity contribution >= 4 is 45.4 Å². The van der Waals surface area contributed by atoms with Gasteiger partial charge in [-0.1, -0.05) is 15.9 Å². The zero-order chi connectivity index (χ0) is 15.0. The van der Waals surface area contributed by atoms with Gasteiger partial charge in [0, 0.05) is 11.0 Å². The second-order valence-corrected chi connectivity index (χ2v) is 5.98. The molecule has 0 aliphatic heterocycles. The van der Waals surface area contributed by atoms with Crippen LogP contribution in [0.25, 0.3) is 0 Å². The highest BCUT2D eigenvalue weighted by Crippen LogP contribution is 2.21. The molecule has 1 aromatic carbocycles. The Morgan fingerprint density at radius 3 is 2.75 bits per heavy atom. The molecule has 0 radical (unpaired) electrons. The van der Waals surface area contributed by atoms with Gasteiger partial charge in [-0.2, -0.15) is 11.8 Å². The maximum atomic E-state index is 11.7. The first-order valence-corrected chi connectivity index (χ1v) is 8.30. The van der Waals surface area contributed by atoms with Gasteiger partial charge in [0.1, 0.15) is 0 Å². The Balaban J connectivity index is 2.53. The number of nitrogens with one attached hydrogen (secondary N) is 2. The van der Waals surface area contributed by atoms with E-state index in [1.165, 1.54) is 6.07 Å². The molecule has 3 N–H and O–H groups in total. The molecule has 0 bridgehead atoms. The summed E-state index contributed by atoms with van der Waals surface area (Å²) in [5, 5.41) is 14.3. The number of carbonyl (C=O) groups is 2. The van der Waals surface area contributed by atoms with Crippen LogP contribution in [0.3, 0.4) is 0 Å². The van der Waals surface area contributed by atoms with E-state index in [2.05, 4.69) is 26.6 Å². The highest BCUT2D eigenvalue weighted by atomic mass is 79.9. The first-order chi connectivity index (χ1) is 9.54. The van der Waals surface area contributed by atoms with Crippen LogP contribution >= 0.6 is 27.7 Å². The minimum Gasteiger partial charge on any atom is -0.478 e. The van der Waals surface area contributed by atoms with Crippen LogP contribution in [-0.2, 0) is 0 Å². The van der Waals surface area contributed by atoms with Gasteiger partial charge >= 0.3 is 12.0 Å². The van der Waals surface area contributed by atoms with E-state index in [1.807, 2.05) is 6.26 Å². The smallest absolute Gasteiger partial charge is 0.337 e. The quantitative estimate of drug-likeness (QED) is 0.651. The van der Waals surface area contributed by atoms with E-state index in [0.717, 1.165) is 18.6 Å². The molecule has 2 amide bonds. The number of carbonyl (C=O) groups excluding carboxylic acids is 1. The van der Waals surface area contributed by atoms with Gasteiger partial charge in [-0.3, -0.25) is 0 Å². The van der Waals surface area contributed by atoms with E-state index >= 15 is 0 Å². The highest BCUT2D eigenvalue weighted by molar-refractivity contribution is 9.10. The Kier molecular flexibility index (Phi) is 7.46. The summed E-state index contributed by atoms with van der Waals surface area (Å²) in [4.78, 5) is 22.8. The summed E-state index contributed by atoms with van der Waals surface area (Å²) >= 11 is 5.02. The van der Waals surface area contributed by atoms with E-state index in [4.69, 9.17) is 5.11 Å². The van der Waals surface area contributed by atoms with Gasteiger partial charge in [0.2, 0.25) is 0 Å². The van der Waals surface area contributed by atoms with Crippen LogP contribution in [0.5, 0.6) is 0 Å². The predicted molar refractivity (Wildman–Crippen MR) is 85.7 cm³/mol. The number of unbranched alkanes of at least 4 members (excludes halogenated alkanes) is 1. The van der Waals surface area contributed by atoms with E-state index in [-0.39, 0.29) is 11.3 Å². The van der Waals surface area contributed by atoms with E-state index in [1.54, 1.807) is 23.9 Å². The molecular formula is C13H17BrN2O3S. The van der Waals surface area contributed by atoms with E-state index < -0.39 is 12.0 Å². The molecule has 1 aromatic rings. The maximum Gasteiger partial charge on any atom is 0.337 e. The second kappa shape index (κ2) is 8.86. The lowest BCUT2D eigenvalue weighted by atomic mass is 10.2. The van der Waals surface area contributed by atoms with Crippen molar-refractivity contribution in [3.63, 3.8) is 0 Å². The van der Waals surface area contributed by atoms with Gasteiger partial charge in [-0.25, -0.2) is 9.59 Å². The van der Waals surface area contributed by atoms with Crippen molar-refractivity contribution in [1.82, 2.24) is 5.32 Å². The molecule has 0 aliphatic carbocycles. The Morgan fingerprint density at radius 1 is 1.35 bits per heavy atom. The summed E-state index contributed by atoms with van der Waals surface area (Å²) in [5.41, 5.74) is 0.333. The molecule has 0 unspecified atom stereocenters. The van der Waals surface area contributed by atoms with E-state index in [9.17, 15) is 9.59 Å². The zero-order valence-corrected chi connectivity index (χ0v) is 13.5. The van der Waals surface area contributed by atoms with Crippen LogP contribution in [-0.4, -0.2) is 35.7 Å². The number of hydrogen-bond acceptors (Lipinski definition) is 3. The van der Waals surface area contributed by atoms with Crippen LogP contribution in [0.15, 0.2) is 22.7 Å². The molecule has 0 atom stereocenters. The van der Waals surface area contributed by atoms with Crippen molar-refractivity contribution in [2.45, 2.75) is 12.8 Å². The number of urea groups is 1. The molecule has 0 aliphatic rings. The van der Waals surface area contributed by atoms with Crippen molar-refractivity contribution in [2.75, 3.05) is 23.9 Å². The first kappa shape index (κ1) is 16.8. The summed E-state index contributed by atoms with van der Waals surface area (Å²) in [6.07, 6.45) is 3.98. The van der Waals surface area contributed by atoms with Crippen molar-refractivity contribution in [3.05, 3.63) is 28.2 Å². The van der Waals surface area contributed by atoms with Crippen LogP contribution in [0, 0.1) is 0 Å². The molecule has 5 nitrogen and oxygen atoms in total. The molecule has 0 heterocycles. The van der Waals surface area contributed by atoms with Gasteiger partial charge in [-0.15, -0.1) is 0 Å². The Bertz CT molecular complexity index is 483. The van der Waals surface area contributed by atoms with Crippen molar-refractivity contribution < 1.29 is 14.7 Å². The standard InChI is InChI=1S/C13H17BrN2O3S/c1-20-7-3-2-6-15-13(19)16-11-8-9(14)4-5-10(11)12(17)18/h4-5,8H,2-3,6-7H2,1H3,(H,17,18)(H2,15,16,19). The Labute approximate surface area is 130 Å². The molecule has 7 heteroatoms. The molecule has 110 valence electrons. The van der Waals surface area contributed by atoms with Crippen molar-refractivity contribution in [2.24, 2.45) is 0 Å². The second-order valence-electron chi connectivity index (χ2n) is 4.08. The zero-order valence-electron chi connectivity index (χ0n) is 11.1. The minimum atomic E-state index is -1.08. The lowest BCUT2D eigenvalue weighted by Crippen LogP contribution is -2.30. The van der Waals surface area contributed by atoms with Crippen LogP contribution in [0.4, 0.5) is 10.5 Å². The number of benzene rings is 1. The molecule has 20 heavy (non-hydrogen) atoms. The summed E-state index contributed by atoms with van der Waals surface area (Å²) in [5.74, 6) is -0.00859. The predicted octanol–water partition coefficient (Wildman–Crippen LogP) is 3.41. The molecule has 0 saturated heterocycles. The number of carboxylic acids is 1. The fourth-order valence-corrected chi connectivity index (χ4v) is 2.40. The summed E-state index contributed by atoms with van der Waals surface area (Å²) in [6, 6.07) is 4.24. The number of aromatic carboxylic acids is 1. The Morgan fingerprint density at radius 2 is 2.10 bits per heavy atom. The molecule has 0 spiro atoms. The fourth-order valence-electron chi connectivity index (χ4n) is 1.55. The lowest BCUT2D eigenvalue weighted by molar-refractivity contribution is 0.0698. The van der Waals surface area contributed by atoms with Crippen LogP contribution in [0.1, 0.15) is 23.2 Å².